The van der Waals surface area contributed by atoms with Gasteiger partial charge in [-0.3, -0.25) is 4.90 Å². The van der Waals surface area contributed by atoms with Crippen LogP contribution in [0.3, 0.4) is 0 Å². The normalized spacial score (nSPS) is 23.2. The Morgan fingerprint density at radius 1 is 1.32 bits per heavy atom. The highest BCUT2D eigenvalue weighted by Gasteiger charge is 2.35. The van der Waals surface area contributed by atoms with Gasteiger partial charge in [-0.25, -0.2) is 4.68 Å². The maximum absolute atomic E-state index is 5.89. The zero-order valence-corrected chi connectivity index (χ0v) is 14.0. The van der Waals surface area contributed by atoms with Gasteiger partial charge in [0.2, 0.25) is 0 Å². The van der Waals surface area contributed by atoms with E-state index < -0.39 is 0 Å². The highest BCUT2D eigenvalue weighted by molar-refractivity contribution is 5.85. The van der Waals surface area contributed by atoms with Crippen LogP contribution in [0.1, 0.15) is 32.0 Å². The highest BCUT2D eigenvalue weighted by Crippen LogP contribution is 2.33. The molecule has 0 spiro atoms. The Morgan fingerprint density at radius 2 is 2.05 bits per heavy atom. The molecule has 1 aromatic heterocycles. The predicted octanol–water partition coefficient (Wildman–Crippen LogP) is 2.42. The van der Waals surface area contributed by atoms with Gasteiger partial charge in [-0.05, 0) is 44.0 Å². The largest absolute Gasteiger partial charge is 0.330 e. The molecule has 1 fully saturated rings. The summed E-state index contributed by atoms with van der Waals surface area (Å²) in [4.78, 5) is 2.45. The Kier molecular flexibility index (Phi) is 5.21. The molecule has 1 aliphatic rings. The molecule has 120 valence electrons. The van der Waals surface area contributed by atoms with Crippen LogP contribution in [-0.4, -0.2) is 39.5 Å². The lowest BCUT2D eigenvalue weighted by molar-refractivity contribution is 0.224. The molecule has 0 radical (unpaired) electrons. The van der Waals surface area contributed by atoms with E-state index >= 15 is 0 Å². The van der Waals surface area contributed by atoms with E-state index in [0.717, 1.165) is 37.4 Å². The summed E-state index contributed by atoms with van der Waals surface area (Å²) in [5.41, 5.74) is 8.18. The number of halogens is 1. The number of likely N-dealkylation sites (tertiary alicyclic amines) is 1. The van der Waals surface area contributed by atoms with Gasteiger partial charge < -0.3 is 5.73 Å². The summed E-state index contributed by atoms with van der Waals surface area (Å²) in [7, 11) is 0. The average Bonchev–Trinajstić information content (AvgIpc) is 3.15. The Hall–Kier alpha value is -1.43. The number of nitrogens with zero attached hydrogens (tertiary/aromatic N) is 4. The molecule has 5 nitrogen and oxygen atoms in total. The Morgan fingerprint density at radius 3 is 2.68 bits per heavy atom. The molecular formula is C16H24ClN5. The van der Waals surface area contributed by atoms with Crippen LogP contribution >= 0.6 is 12.4 Å². The lowest BCUT2D eigenvalue weighted by Gasteiger charge is -2.26. The lowest BCUT2D eigenvalue weighted by Crippen LogP contribution is -2.32. The zero-order valence-electron chi connectivity index (χ0n) is 13.1. The van der Waals surface area contributed by atoms with Crippen LogP contribution in [0.4, 0.5) is 0 Å². The fourth-order valence-corrected chi connectivity index (χ4v) is 2.92. The van der Waals surface area contributed by atoms with Crippen LogP contribution in [0, 0.1) is 5.41 Å². The van der Waals surface area contributed by atoms with Gasteiger partial charge in [-0.15, -0.1) is 17.5 Å². The van der Waals surface area contributed by atoms with E-state index in [0.29, 0.717) is 0 Å². The van der Waals surface area contributed by atoms with Gasteiger partial charge in [0.25, 0.3) is 0 Å². The second kappa shape index (κ2) is 6.77. The first kappa shape index (κ1) is 16.9. The van der Waals surface area contributed by atoms with Crippen molar-refractivity contribution in [3.05, 3.63) is 42.2 Å². The van der Waals surface area contributed by atoms with E-state index in [2.05, 4.69) is 29.1 Å². The number of aromatic nitrogens is 3. The maximum Gasteiger partial charge on any atom is 0.1000 e. The number of rotatable bonds is 4. The van der Waals surface area contributed by atoms with Crippen molar-refractivity contribution in [2.45, 2.75) is 26.3 Å². The van der Waals surface area contributed by atoms with Gasteiger partial charge in [-0.2, -0.15) is 0 Å². The Bertz CT molecular complexity index is 600. The second-order valence-corrected chi connectivity index (χ2v) is 6.33. The smallest absolute Gasteiger partial charge is 0.1000 e. The van der Waals surface area contributed by atoms with Crippen molar-refractivity contribution in [1.29, 1.82) is 0 Å². The topological polar surface area (TPSA) is 60.0 Å². The van der Waals surface area contributed by atoms with Crippen LogP contribution in [0.5, 0.6) is 0 Å². The lowest BCUT2D eigenvalue weighted by atomic mass is 9.90. The SMILES string of the molecule is CC(c1cn(-c2ccccc2)nn1)N1CCC(C)(CN)C1.Cl. The van der Waals surface area contributed by atoms with Crippen molar-refractivity contribution in [3.63, 3.8) is 0 Å². The van der Waals surface area contributed by atoms with Crippen LogP contribution in [0.15, 0.2) is 36.5 Å². The Labute approximate surface area is 137 Å². The molecule has 6 heteroatoms. The first-order valence-electron chi connectivity index (χ1n) is 7.53. The first-order valence-corrected chi connectivity index (χ1v) is 7.53. The molecule has 22 heavy (non-hydrogen) atoms. The minimum atomic E-state index is 0. The van der Waals surface area contributed by atoms with Crippen molar-refractivity contribution >= 4 is 12.4 Å². The third-order valence-corrected chi connectivity index (χ3v) is 4.59. The molecular weight excluding hydrogens is 298 g/mol. The van der Waals surface area contributed by atoms with Gasteiger partial charge in [-0.1, -0.05) is 30.3 Å². The maximum atomic E-state index is 5.89. The van der Waals surface area contributed by atoms with Crippen molar-refractivity contribution in [2.24, 2.45) is 11.1 Å². The number of hydrogen-bond acceptors (Lipinski definition) is 4. The molecule has 1 aromatic carbocycles. The van der Waals surface area contributed by atoms with E-state index in [1.165, 1.54) is 0 Å². The standard InChI is InChI=1S/C16H23N5.ClH/c1-13(20-9-8-16(2,11-17)12-20)15-10-21(19-18-15)14-6-4-3-5-7-14;/h3-7,10,13H,8-9,11-12,17H2,1-2H3;1H. The molecule has 3 rings (SSSR count). The summed E-state index contributed by atoms with van der Waals surface area (Å²) in [6, 6.07) is 10.4. The highest BCUT2D eigenvalue weighted by atomic mass is 35.5. The van der Waals surface area contributed by atoms with Gasteiger partial charge >= 0.3 is 0 Å². The second-order valence-electron chi connectivity index (χ2n) is 6.33. The fourth-order valence-electron chi connectivity index (χ4n) is 2.92. The molecule has 2 aromatic rings. The minimum absolute atomic E-state index is 0. The molecule has 2 heterocycles. The molecule has 1 aliphatic heterocycles. The molecule has 2 N–H and O–H groups in total. The third-order valence-electron chi connectivity index (χ3n) is 4.59. The van der Waals surface area contributed by atoms with Gasteiger partial charge in [0, 0.05) is 6.54 Å². The van der Waals surface area contributed by atoms with E-state index in [9.17, 15) is 0 Å². The quantitative estimate of drug-likeness (QED) is 0.939. The minimum Gasteiger partial charge on any atom is -0.330 e. The van der Waals surface area contributed by atoms with Crippen molar-refractivity contribution in [2.75, 3.05) is 19.6 Å². The number of hydrogen-bond donors (Lipinski definition) is 1. The summed E-state index contributed by atoms with van der Waals surface area (Å²) in [5, 5.41) is 8.60. The number of benzene rings is 1. The predicted molar refractivity (Wildman–Crippen MR) is 90.4 cm³/mol. The molecule has 0 saturated carbocycles. The van der Waals surface area contributed by atoms with Crippen molar-refractivity contribution < 1.29 is 0 Å². The molecule has 0 bridgehead atoms. The van der Waals surface area contributed by atoms with Crippen molar-refractivity contribution in [1.82, 2.24) is 19.9 Å². The fraction of sp³-hybridized carbons (Fsp3) is 0.500. The summed E-state index contributed by atoms with van der Waals surface area (Å²) in [6.45, 7) is 7.31. The number of para-hydroxylation sites is 1. The van der Waals surface area contributed by atoms with Gasteiger partial charge in [0.1, 0.15) is 0 Å². The summed E-state index contributed by atoms with van der Waals surface area (Å²) >= 11 is 0. The zero-order chi connectivity index (χ0) is 14.9. The van der Waals surface area contributed by atoms with Gasteiger partial charge in [0.05, 0.1) is 23.6 Å². The summed E-state index contributed by atoms with van der Waals surface area (Å²) < 4.78 is 1.84. The van der Waals surface area contributed by atoms with Crippen LogP contribution in [-0.2, 0) is 0 Å². The average molecular weight is 322 g/mol. The van der Waals surface area contributed by atoms with Crippen LogP contribution < -0.4 is 5.73 Å². The van der Waals surface area contributed by atoms with E-state index in [1.807, 2.05) is 41.2 Å². The third kappa shape index (κ3) is 3.32. The molecule has 0 amide bonds. The molecule has 2 unspecified atom stereocenters. The van der Waals surface area contributed by atoms with E-state index in [1.54, 1.807) is 0 Å². The Balaban J connectivity index is 0.00000176. The molecule has 2 atom stereocenters. The summed E-state index contributed by atoms with van der Waals surface area (Å²) in [6.07, 6.45) is 3.18. The number of nitrogens with two attached hydrogens (primary N) is 1. The summed E-state index contributed by atoms with van der Waals surface area (Å²) in [5.74, 6) is 0. The van der Waals surface area contributed by atoms with Crippen molar-refractivity contribution in [3.8, 4) is 5.69 Å². The monoisotopic (exact) mass is 321 g/mol. The molecule has 0 aliphatic carbocycles. The molecule has 1 saturated heterocycles. The van der Waals surface area contributed by atoms with Crippen LogP contribution in [0.25, 0.3) is 5.69 Å². The van der Waals surface area contributed by atoms with Gasteiger partial charge in [0.15, 0.2) is 0 Å². The van der Waals surface area contributed by atoms with Crippen LogP contribution in [0.2, 0.25) is 0 Å². The first-order chi connectivity index (χ1) is 10.1. The van der Waals surface area contributed by atoms with E-state index in [-0.39, 0.29) is 23.9 Å². The van der Waals surface area contributed by atoms with E-state index in [4.69, 9.17) is 5.73 Å².